The molecular weight excluding hydrogens is 416 g/mol. The molecule has 0 aliphatic heterocycles. The SMILES string of the molecule is CCCCCCCCc1cn(-c2ccc(S(C)(=O)=O)cc2)c(-c2ccc(Cl)cc2)n1. The average Bonchev–Trinajstić information content (AvgIpc) is 3.15. The van der Waals surface area contributed by atoms with Crippen molar-refractivity contribution in [2.45, 2.75) is 56.8 Å². The van der Waals surface area contributed by atoms with E-state index in [4.69, 9.17) is 16.6 Å². The summed E-state index contributed by atoms with van der Waals surface area (Å²) in [5.74, 6) is 0.833. The molecule has 0 aliphatic rings. The number of hydrogen-bond donors (Lipinski definition) is 0. The molecule has 0 saturated heterocycles. The molecule has 1 heterocycles. The van der Waals surface area contributed by atoms with E-state index in [1.807, 2.05) is 41.0 Å². The van der Waals surface area contributed by atoms with Crippen LogP contribution in [0.15, 0.2) is 59.6 Å². The molecule has 0 fully saturated rings. The molecule has 0 unspecified atom stereocenters. The minimum absolute atomic E-state index is 0.312. The molecular formula is C24H29ClN2O2S. The maximum Gasteiger partial charge on any atom is 0.175 e. The molecule has 0 spiro atoms. The van der Waals surface area contributed by atoms with Crippen LogP contribution >= 0.6 is 11.6 Å². The summed E-state index contributed by atoms with van der Waals surface area (Å²) in [7, 11) is -3.22. The summed E-state index contributed by atoms with van der Waals surface area (Å²) < 4.78 is 25.6. The number of halogens is 1. The van der Waals surface area contributed by atoms with E-state index in [9.17, 15) is 8.42 Å². The Morgan fingerprint density at radius 3 is 2.17 bits per heavy atom. The number of hydrogen-bond acceptors (Lipinski definition) is 3. The Kier molecular flexibility index (Phi) is 7.73. The van der Waals surface area contributed by atoms with Crippen LogP contribution in [0.1, 0.15) is 51.1 Å². The van der Waals surface area contributed by atoms with E-state index >= 15 is 0 Å². The minimum atomic E-state index is -3.22. The van der Waals surface area contributed by atoms with Crippen LogP contribution in [0, 0.1) is 0 Å². The first-order valence-electron chi connectivity index (χ1n) is 10.5. The zero-order valence-electron chi connectivity index (χ0n) is 17.6. The largest absolute Gasteiger partial charge is 0.300 e. The molecule has 6 heteroatoms. The Morgan fingerprint density at radius 1 is 0.900 bits per heavy atom. The monoisotopic (exact) mass is 444 g/mol. The zero-order valence-corrected chi connectivity index (χ0v) is 19.2. The predicted molar refractivity (Wildman–Crippen MR) is 124 cm³/mol. The Bertz CT molecular complexity index is 1060. The molecule has 1 aromatic heterocycles. The van der Waals surface area contributed by atoms with Crippen molar-refractivity contribution in [1.29, 1.82) is 0 Å². The van der Waals surface area contributed by atoms with Crippen molar-refractivity contribution in [3.05, 3.63) is 65.4 Å². The van der Waals surface area contributed by atoms with E-state index in [1.54, 1.807) is 12.1 Å². The molecule has 30 heavy (non-hydrogen) atoms. The maximum absolute atomic E-state index is 11.8. The van der Waals surface area contributed by atoms with Gasteiger partial charge in [-0.05, 0) is 61.4 Å². The van der Waals surface area contributed by atoms with Gasteiger partial charge < -0.3 is 0 Å². The second-order valence-electron chi connectivity index (χ2n) is 7.72. The summed E-state index contributed by atoms with van der Waals surface area (Å²) in [6.45, 7) is 2.23. The zero-order chi connectivity index (χ0) is 21.6. The third-order valence-corrected chi connectivity index (χ3v) is 6.57. The van der Waals surface area contributed by atoms with Crippen molar-refractivity contribution in [3.63, 3.8) is 0 Å². The lowest BCUT2D eigenvalue weighted by molar-refractivity contribution is 0.602. The first kappa shape index (κ1) is 22.6. The summed E-state index contributed by atoms with van der Waals surface area (Å²) in [5.41, 5.74) is 2.90. The van der Waals surface area contributed by atoms with Gasteiger partial charge in [-0.3, -0.25) is 4.57 Å². The van der Waals surface area contributed by atoms with Gasteiger partial charge in [0.2, 0.25) is 0 Å². The number of rotatable bonds is 10. The van der Waals surface area contributed by atoms with Gasteiger partial charge in [0.1, 0.15) is 5.82 Å². The van der Waals surface area contributed by atoms with Crippen LogP contribution in [0.5, 0.6) is 0 Å². The lowest BCUT2D eigenvalue weighted by Gasteiger charge is -2.09. The number of nitrogens with zero attached hydrogens (tertiary/aromatic N) is 2. The van der Waals surface area contributed by atoms with Gasteiger partial charge in [-0.2, -0.15) is 0 Å². The highest BCUT2D eigenvalue weighted by Crippen LogP contribution is 2.26. The molecule has 0 atom stereocenters. The molecule has 160 valence electrons. The van der Waals surface area contributed by atoms with Crippen LogP contribution in [0.3, 0.4) is 0 Å². The summed E-state index contributed by atoms with van der Waals surface area (Å²) in [4.78, 5) is 5.21. The molecule has 0 aliphatic carbocycles. The van der Waals surface area contributed by atoms with Gasteiger partial charge in [-0.25, -0.2) is 13.4 Å². The van der Waals surface area contributed by atoms with Crippen molar-refractivity contribution in [1.82, 2.24) is 9.55 Å². The molecule has 0 bridgehead atoms. The third kappa shape index (κ3) is 5.96. The van der Waals surface area contributed by atoms with Crippen molar-refractivity contribution >= 4 is 21.4 Å². The van der Waals surface area contributed by atoms with Crippen LogP contribution in [-0.4, -0.2) is 24.2 Å². The Labute approximate surface area is 184 Å². The minimum Gasteiger partial charge on any atom is -0.300 e. The van der Waals surface area contributed by atoms with Crippen molar-refractivity contribution in [2.24, 2.45) is 0 Å². The first-order valence-corrected chi connectivity index (χ1v) is 12.8. The van der Waals surface area contributed by atoms with Gasteiger partial charge in [0.05, 0.1) is 10.6 Å². The molecule has 2 aromatic carbocycles. The molecule has 3 rings (SSSR count). The normalized spacial score (nSPS) is 11.7. The van der Waals surface area contributed by atoms with Gasteiger partial charge in [0, 0.05) is 28.7 Å². The number of imidazole rings is 1. The van der Waals surface area contributed by atoms with Crippen LogP contribution < -0.4 is 0 Å². The van der Waals surface area contributed by atoms with E-state index in [0.29, 0.717) is 9.92 Å². The van der Waals surface area contributed by atoms with Gasteiger partial charge in [0.15, 0.2) is 9.84 Å². The fourth-order valence-corrected chi connectivity index (χ4v) is 4.25. The predicted octanol–water partition coefficient (Wildman–Crippen LogP) is 6.50. The number of unbranched alkanes of at least 4 members (excludes halogenated alkanes) is 5. The quantitative estimate of drug-likeness (QED) is 0.335. The second-order valence-corrected chi connectivity index (χ2v) is 10.2. The lowest BCUT2D eigenvalue weighted by Crippen LogP contribution is -1.99. The average molecular weight is 445 g/mol. The van der Waals surface area contributed by atoms with Gasteiger partial charge in [-0.15, -0.1) is 0 Å². The van der Waals surface area contributed by atoms with Crippen LogP contribution in [-0.2, 0) is 16.3 Å². The van der Waals surface area contributed by atoms with Gasteiger partial charge in [-0.1, -0.05) is 50.6 Å². The Balaban J connectivity index is 1.86. The maximum atomic E-state index is 11.8. The summed E-state index contributed by atoms with van der Waals surface area (Å²) in [6, 6.07) is 14.6. The highest BCUT2D eigenvalue weighted by atomic mass is 35.5. The summed E-state index contributed by atoms with van der Waals surface area (Å²) >= 11 is 6.06. The third-order valence-electron chi connectivity index (χ3n) is 5.19. The van der Waals surface area contributed by atoms with E-state index in [1.165, 1.54) is 38.4 Å². The van der Waals surface area contributed by atoms with Crippen LogP contribution in [0.4, 0.5) is 0 Å². The number of aromatic nitrogens is 2. The highest BCUT2D eigenvalue weighted by Gasteiger charge is 2.13. The fraction of sp³-hybridized carbons (Fsp3) is 0.375. The van der Waals surface area contributed by atoms with Crippen molar-refractivity contribution < 1.29 is 8.42 Å². The van der Waals surface area contributed by atoms with E-state index in [2.05, 4.69) is 13.1 Å². The molecule has 0 radical (unpaired) electrons. The van der Waals surface area contributed by atoms with Gasteiger partial charge >= 0.3 is 0 Å². The standard InChI is InChI=1S/C24H29ClN2O2S/c1-3-4-5-6-7-8-9-21-18-27(22-14-16-23(17-15-22)30(2,28)29)24(26-21)19-10-12-20(25)13-11-19/h10-18H,3-9H2,1-2H3. The van der Waals surface area contributed by atoms with E-state index in [-0.39, 0.29) is 0 Å². The summed E-state index contributed by atoms with van der Waals surface area (Å²) in [5, 5.41) is 0.682. The highest BCUT2D eigenvalue weighted by molar-refractivity contribution is 7.90. The van der Waals surface area contributed by atoms with Crippen molar-refractivity contribution in [3.8, 4) is 17.1 Å². The van der Waals surface area contributed by atoms with Crippen LogP contribution in [0.25, 0.3) is 17.1 Å². The number of aryl methyl sites for hydroxylation is 1. The fourth-order valence-electron chi connectivity index (χ4n) is 3.49. The molecule has 0 amide bonds. The molecule has 0 N–H and O–H groups in total. The smallest absolute Gasteiger partial charge is 0.175 e. The van der Waals surface area contributed by atoms with Crippen molar-refractivity contribution in [2.75, 3.05) is 6.26 Å². The van der Waals surface area contributed by atoms with Gasteiger partial charge in [0.25, 0.3) is 0 Å². The Morgan fingerprint density at radius 2 is 1.53 bits per heavy atom. The number of sulfone groups is 1. The van der Waals surface area contributed by atoms with E-state index < -0.39 is 9.84 Å². The first-order chi connectivity index (χ1) is 14.4. The van der Waals surface area contributed by atoms with E-state index in [0.717, 1.165) is 35.6 Å². The second kappa shape index (κ2) is 10.3. The number of benzene rings is 2. The molecule has 3 aromatic rings. The van der Waals surface area contributed by atoms with Crippen LogP contribution in [0.2, 0.25) is 5.02 Å². The lowest BCUT2D eigenvalue weighted by atomic mass is 10.1. The molecule has 4 nitrogen and oxygen atoms in total. The molecule has 0 saturated carbocycles. The Hall–Kier alpha value is -2.11. The summed E-state index contributed by atoms with van der Waals surface area (Å²) in [6.07, 6.45) is 11.7. The topological polar surface area (TPSA) is 52.0 Å².